The maximum Gasteiger partial charge on any atom is 0.130 e. The first-order valence-electron chi connectivity index (χ1n) is 16.2. The Balaban J connectivity index is 0.0000116. The molecule has 0 amide bonds. The van der Waals surface area contributed by atoms with Crippen molar-refractivity contribution in [2.45, 2.75) is 174 Å². The van der Waals surface area contributed by atoms with Gasteiger partial charge < -0.3 is 21.6 Å². The molecule has 2 nitrogen and oxygen atoms in total. The van der Waals surface area contributed by atoms with Gasteiger partial charge in [-0.1, -0.05) is 142 Å². The predicted molar refractivity (Wildman–Crippen MR) is 153 cm³/mol. The molecule has 212 valence electrons. The molecule has 0 saturated carbocycles. The largest absolute Gasteiger partial charge is 1.00 e. The molecule has 1 rings (SSSR count). The number of rotatable bonds is 28. The first kappa shape index (κ1) is 35.2. The third-order valence-corrected chi connectivity index (χ3v) is 8.15. The van der Waals surface area contributed by atoms with E-state index in [4.69, 9.17) is 4.74 Å². The maximum atomic E-state index is 5.61. The van der Waals surface area contributed by atoms with Crippen molar-refractivity contribution >= 4 is 0 Å². The number of nitrogens with zero attached hydrogens (tertiary/aromatic N) is 1. The fourth-order valence-corrected chi connectivity index (χ4v) is 5.63. The molecule has 1 heterocycles. The van der Waals surface area contributed by atoms with Crippen molar-refractivity contribution in [1.82, 2.24) is 0 Å². The Kier molecular flexibility index (Phi) is 26.0. The fraction of sp³-hybridized carbons (Fsp3) is 1.00. The van der Waals surface area contributed by atoms with Crippen molar-refractivity contribution in [1.29, 1.82) is 0 Å². The second-order valence-electron chi connectivity index (χ2n) is 12.0. The lowest BCUT2D eigenvalue weighted by Crippen LogP contribution is -3.00. The van der Waals surface area contributed by atoms with Crippen molar-refractivity contribution in [3.8, 4) is 0 Å². The third-order valence-electron chi connectivity index (χ3n) is 8.15. The van der Waals surface area contributed by atoms with Gasteiger partial charge in [-0.25, -0.2) is 0 Å². The molecule has 0 spiro atoms. The highest BCUT2D eigenvalue weighted by Gasteiger charge is 2.33. The maximum absolute atomic E-state index is 5.61. The SMILES string of the molecule is CCCCCCCCCCCCCC[N+](C)(CCCCCCCCCCCCCC)CC1CO1.[Cl-]. The van der Waals surface area contributed by atoms with E-state index in [-0.39, 0.29) is 12.4 Å². The van der Waals surface area contributed by atoms with E-state index in [2.05, 4.69) is 20.9 Å². The van der Waals surface area contributed by atoms with Gasteiger partial charge in [0.2, 0.25) is 0 Å². The van der Waals surface area contributed by atoms with Crippen LogP contribution in [-0.4, -0.2) is 43.9 Å². The van der Waals surface area contributed by atoms with E-state index < -0.39 is 0 Å². The molecule has 1 unspecified atom stereocenters. The molecule has 1 fully saturated rings. The van der Waals surface area contributed by atoms with Gasteiger partial charge in [0.15, 0.2) is 0 Å². The Bertz CT molecular complexity index is 384. The van der Waals surface area contributed by atoms with E-state index in [0.29, 0.717) is 6.10 Å². The molecule has 0 aromatic rings. The number of ether oxygens (including phenoxy) is 1. The summed E-state index contributed by atoms with van der Waals surface area (Å²) in [4.78, 5) is 0. The smallest absolute Gasteiger partial charge is 0.130 e. The Hall–Kier alpha value is 0.210. The molecule has 1 atom stereocenters. The summed E-state index contributed by atoms with van der Waals surface area (Å²) >= 11 is 0. The molecule has 0 radical (unpaired) electrons. The Labute approximate surface area is 228 Å². The standard InChI is InChI=1S/C32H66NO.ClH/c1-4-6-8-10-12-14-16-18-20-22-24-26-28-33(3,30-32-31-34-32)29-27-25-23-21-19-17-15-13-11-9-7-5-2;/h32H,4-31H2,1-3H3;1H/q+1;/p-1. The van der Waals surface area contributed by atoms with Gasteiger partial charge in [-0.2, -0.15) is 0 Å². The minimum absolute atomic E-state index is 0. The van der Waals surface area contributed by atoms with E-state index in [0.717, 1.165) is 6.61 Å². The molecule has 35 heavy (non-hydrogen) atoms. The van der Waals surface area contributed by atoms with Gasteiger partial charge in [0, 0.05) is 0 Å². The summed E-state index contributed by atoms with van der Waals surface area (Å²) in [5.41, 5.74) is 0. The highest BCUT2D eigenvalue weighted by Crippen LogP contribution is 2.20. The number of epoxide rings is 1. The zero-order valence-corrected chi connectivity index (χ0v) is 25.4. The van der Waals surface area contributed by atoms with Gasteiger partial charge in [0.1, 0.15) is 12.6 Å². The summed E-state index contributed by atoms with van der Waals surface area (Å²) < 4.78 is 6.88. The molecule has 0 aromatic carbocycles. The molecular formula is C32H66ClNO. The number of unbranched alkanes of at least 4 members (excludes halogenated alkanes) is 22. The summed E-state index contributed by atoms with van der Waals surface area (Å²) in [7, 11) is 2.51. The lowest BCUT2D eigenvalue weighted by Gasteiger charge is -2.34. The van der Waals surface area contributed by atoms with Gasteiger partial charge in [-0.3, -0.25) is 0 Å². The Morgan fingerprint density at radius 3 is 1.00 bits per heavy atom. The number of halogens is 1. The van der Waals surface area contributed by atoms with E-state index >= 15 is 0 Å². The molecule has 0 aliphatic carbocycles. The van der Waals surface area contributed by atoms with E-state index in [1.54, 1.807) is 0 Å². The lowest BCUT2D eigenvalue weighted by atomic mass is 10.0. The first-order chi connectivity index (χ1) is 16.7. The van der Waals surface area contributed by atoms with Crippen molar-refractivity contribution < 1.29 is 21.6 Å². The summed E-state index contributed by atoms with van der Waals surface area (Å²) in [5, 5.41) is 0. The number of quaternary nitrogens is 1. The molecule has 0 N–H and O–H groups in total. The quantitative estimate of drug-likeness (QED) is 0.0607. The van der Waals surface area contributed by atoms with E-state index in [9.17, 15) is 0 Å². The van der Waals surface area contributed by atoms with Crippen LogP contribution < -0.4 is 12.4 Å². The second kappa shape index (κ2) is 25.8. The summed E-state index contributed by atoms with van der Waals surface area (Å²) in [6.07, 6.45) is 35.3. The molecule has 1 aliphatic heterocycles. The number of hydrogen-bond acceptors (Lipinski definition) is 1. The topological polar surface area (TPSA) is 12.5 Å². The van der Waals surface area contributed by atoms with Crippen LogP contribution in [0.15, 0.2) is 0 Å². The summed E-state index contributed by atoms with van der Waals surface area (Å²) in [6.45, 7) is 9.63. The van der Waals surface area contributed by atoms with E-state index in [1.165, 1.54) is 178 Å². The Morgan fingerprint density at radius 1 is 0.486 bits per heavy atom. The molecule has 1 aliphatic rings. The molecular weight excluding hydrogens is 450 g/mol. The third kappa shape index (κ3) is 24.3. The van der Waals surface area contributed by atoms with Crippen molar-refractivity contribution in [2.75, 3.05) is 33.3 Å². The van der Waals surface area contributed by atoms with Crippen molar-refractivity contribution in [3.05, 3.63) is 0 Å². The molecule has 0 bridgehead atoms. The average Bonchev–Trinajstić information content (AvgIpc) is 3.64. The normalized spacial score (nSPS) is 15.3. The van der Waals surface area contributed by atoms with Crippen LogP contribution in [0.1, 0.15) is 168 Å². The van der Waals surface area contributed by atoms with Crippen LogP contribution in [0.3, 0.4) is 0 Å². The van der Waals surface area contributed by atoms with E-state index in [1.807, 2.05) is 0 Å². The summed E-state index contributed by atoms with van der Waals surface area (Å²) in [5.74, 6) is 0. The van der Waals surface area contributed by atoms with Crippen LogP contribution in [0, 0.1) is 0 Å². The van der Waals surface area contributed by atoms with Gasteiger partial charge in [0.25, 0.3) is 0 Å². The van der Waals surface area contributed by atoms with Gasteiger partial charge in [-0.15, -0.1) is 0 Å². The van der Waals surface area contributed by atoms with Gasteiger partial charge >= 0.3 is 0 Å². The highest BCUT2D eigenvalue weighted by molar-refractivity contribution is 4.68. The van der Waals surface area contributed by atoms with Crippen molar-refractivity contribution in [3.63, 3.8) is 0 Å². The minimum Gasteiger partial charge on any atom is -1.00 e. The fourth-order valence-electron chi connectivity index (χ4n) is 5.63. The second-order valence-corrected chi connectivity index (χ2v) is 12.0. The van der Waals surface area contributed by atoms with Crippen molar-refractivity contribution in [2.24, 2.45) is 0 Å². The predicted octanol–water partition coefficient (Wildman–Crippen LogP) is 7.24. The monoisotopic (exact) mass is 515 g/mol. The molecule has 3 heteroatoms. The lowest BCUT2D eigenvalue weighted by molar-refractivity contribution is -0.910. The Morgan fingerprint density at radius 2 is 0.743 bits per heavy atom. The van der Waals surface area contributed by atoms with Gasteiger partial charge in [-0.05, 0) is 25.7 Å². The average molecular weight is 516 g/mol. The highest BCUT2D eigenvalue weighted by atomic mass is 35.5. The minimum atomic E-state index is 0. The van der Waals surface area contributed by atoms with Crippen LogP contribution in [-0.2, 0) is 4.74 Å². The van der Waals surface area contributed by atoms with Crippen LogP contribution in [0.4, 0.5) is 0 Å². The van der Waals surface area contributed by atoms with Crippen LogP contribution in [0.2, 0.25) is 0 Å². The van der Waals surface area contributed by atoms with Crippen LogP contribution in [0.5, 0.6) is 0 Å². The number of likely N-dealkylation sites (N-methyl/N-ethyl adjacent to an activating group) is 1. The molecule has 0 aromatic heterocycles. The zero-order chi connectivity index (χ0) is 24.6. The first-order valence-corrected chi connectivity index (χ1v) is 16.2. The molecule has 1 saturated heterocycles. The van der Waals surface area contributed by atoms with Crippen LogP contribution >= 0.6 is 0 Å². The van der Waals surface area contributed by atoms with Gasteiger partial charge in [0.05, 0.1) is 26.7 Å². The number of hydrogen-bond donors (Lipinski definition) is 0. The summed E-state index contributed by atoms with van der Waals surface area (Å²) in [6, 6.07) is 0. The zero-order valence-electron chi connectivity index (χ0n) is 24.6. The van der Waals surface area contributed by atoms with Crippen LogP contribution in [0.25, 0.3) is 0 Å².